The van der Waals surface area contributed by atoms with Crippen LogP contribution in [0.25, 0.3) is 110 Å². The van der Waals surface area contributed by atoms with Crippen LogP contribution in [0.1, 0.15) is 0 Å². The molecule has 1 nitrogen and oxygen atoms in total. The van der Waals surface area contributed by atoms with Crippen molar-refractivity contribution in [3.05, 3.63) is 194 Å². The van der Waals surface area contributed by atoms with Crippen LogP contribution in [0.4, 0.5) is 0 Å². The van der Waals surface area contributed by atoms with Crippen LogP contribution in [0.2, 0.25) is 0 Å². The van der Waals surface area contributed by atoms with Crippen LogP contribution in [0.5, 0.6) is 0 Å². The van der Waals surface area contributed by atoms with Gasteiger partial charge in [0.1, 0.15) is 11.2 Å². The molecule has 1 aromatic heterocycles. The number of hydrogen-bond acceptors (Lipinski definition) is 1. The molecule has 0 amide bonds. The molecule has 0 unspecified atom stereocenters. The van der Waals surface area contributed by atoms with Crippen LogP contribution < -0.4 is 0 Å². The van der Waals surface area contributed by atoms with Crippen molar-refractivity contribution in [3.8, 4) is 44.5 Å². The van der Waals surface area contributed by atoms with Crippen molar-refractivity contribution in [1.82, 2.24) is 0 Å². The van der Waals surface area contributed by atoms with Gasteiger partial charge in [0.25, 0.3) is 0 Å². The second kappa shape index (κ2) is 11.8. The van der Waals surface area contributed by atoms with Crippen LogP contribution >= 0.6 is 0 Å². The van der Waals surface area contributed by atoms with E-state index in [-0.39, 0.29) is 0 Å². The Morgan fingerprint density at radius 1 is 0.245 bits per heavy atom. The molecular weight excluding hydrogens is 641 g/mol. The van der Waals surface area contributed by atoms with Gasteiger partial charge in [-0.3, -0.25) is 0 Å². The molecule has 0 spiro atoms. The monoisotopic (exact) mass is 672 g/mol. The number of rotatable bonds is 4. The third kappa shape index (κ3) is 4.71. The maximum Gasteiger partial charge on any atom is 0.143 e. The van der Waals surface area contributed by atoms with Crippen LogP contribution in [-0.2, 0) is 0 Å². The molecule has 0 radical (unpaired) electrons. The summed E-state index contributed by atoms with van der Waals surface area (Å²) in [6.45, 7) is 0. The summed E-state index contributed by atoms with van der Waals surface area (Å²) in [4.78, 5) is 0. The van der Waals surface area contributed by atoms with E-state index in [0.717, 1.165) is 38.5 Å². The molecule has 0 N–H and O–H groups in total. The molecule has 11 rings (SSSR count). The first-order valence-electron chi connectivity index (χ1n) is 18.3. The quantitative estimate of drug-likeness (QED) is 0.170. The van der Waals surface area contributed by atoms with E-state index in [0.29, 0.717) is 0 Å². The van der Waals surface area contributed by atoms with Gasteiger partial charge in [0, 0.05) is 21.7 Å². The van der Waals surface area contributed by atoms with Gasteiger partial charge >= 0.3 is 0 Å². The highest BCUT2D eigenvalue weighted by Crippen LogP contribution is 2.47. The predicted molar refractivity (Wildman–Crippen MR) is 225 cm³/mol. The summed E-state index contributed by atoms with van der Waals surface area (Å²) < 4.78 is 6.87. The zero-order valence-corrected chi connectivity index (χ0v) is 28.9. The Bertz CT molecular complexity index is 3160. The fourth-order valence-electron chi connectivity index (χ4n) is 8.56. The molecular formula is C52H32O. The number of fused-ring (bicyclic) bond motifs is 8. The largest absolute Gasteiger partial charge is 0.455 e. The van der Waals surface area contributed by atoms with Gasteiger partial charge < -0.3 is 4.42 Å². The second-order valence-electron chi connectivity index (χ2n) is 14.0. The van der Waals surface area contributed by atoms with Gasteiger partial charge in [0.2, 0.25) is 0 Å². The summed E-state index contributed by atoms with van der Waals surface area (Å²) in [7, 11) is 0. The third-order valence-corrected chi connectivity index (χ3v) is 11.0. The highest BCUT2D eigenvalue weighted by atomic mass is 16.3. The van der Waals surface area contributed by atoms with Gasteiger partial charge in [-0.05, 0) is 107 Å². The minimum atomic E-state index is 0.919. The van der Waals surface area contributed by atoms with E-state index in [4.69, 9.17) is 4.42 Å². The standard InChI is InChI=1S/C52H32O/c1-2-14-34(15-3-1)47-31-40(32-48-46-28-27-35-16-6-7-20-41(35)51(46)53-52(47)48)50-44-23-10-8-21-42(44)49(43-22-9-11-24-45(43)50)39-19-12-18-37(30-39)38-26-25-33-13-4-5-17-36(33)29-38/h1-32H. The van der Waals surface area contributed by atoms with Gasteiger partial charge in [0.15, 0.2) is 0 Å². The van der Waals surface area contributed by atoms with Crippen molar-refractivity contribution >= 4 is 65.0 Å². The minimum absolute atomic E-state index is 0.919. The van der Waals surface area contributed by atoms with E-state index < -0.39 is 0 Å². The SMILES string of the molecule is c1ccc(-c2cc(-c3c4ccccc4c(-c4cccc(-c5ccc6ccccc6c5)c4)c4ccccc34)cc3c2oc2c4ccccc4ccc32)cc1. The maximum absolute atomic E-state index is 6.87. The topological polar surface area (TPSA) is 13.1 Å². The van der Waals surface area contributed by atoms with Gasteiger partial charge in [-0.1, -0.05) is 164 Å². The Kier molecular flexibility index (Phi) is 6.62. The lowest BCUT2D eigenvalue weighted by Crippen LogP contribution is -1.92. The smallest absolute Gasteiger partial charge is 0.143 e. The fourth-order valence-corrected chi connectivity index (χ4v) is 8.56. The van der Waals surface area contributed by atoms with Crippen molar-refractivity contribution in [2.75, 3.05) is 0 Å². The molecule has 0 bridgehead atoms. The Balaban J connectivity index is 1.19. The molecule has 0 aliphatic heterocycles. The number of benzene rings is 10. The maximum atomic E-state index is 6.87. The fraction of sp³-hybridized carbons (Fsp3) is 0. The van der Waals surface area contributed by atoms with Gasteiger partial charge in [-0.25, -0.2) is 0 Å². The molecule has 0 fully saturated rings. The van der Waals surface area contributed by atoms with Gasteiger partial charge in [-0.2, -0.15) is 0 Å². The predicted octanol–water partition coefficient (Wildman–Crippen LogP) is 14.9. The Morgan fingerprint density at radius 3 is 1.53 bits per heavy atom. The first-order chi connectivity index (χ1) is 26.3. The average Bonchev–Trinajstić information content (AvgIpc) is 3.62. The third-order valence-electron chi connectivity index (χ3n) is 11.0. The highest BCUT2D eigenvalue weighted by molar-refractivity contribution is 6.24. The van der Waals surface area contributed by atoms with Crippen LogP contribution in [0, 0.1) is 0 Å². The lowest BCUT2D eigenvalue weighted by Gasteiger charge is -2.19. The lowest BCUT2D eigenvalue weighted by molar-refractivity contribution is 0.674. The van der Waals surface area contributed by atoms with E-state index in [1.807, 2.05) is 0 Å². The van der Waals surface area contributed by atoms with E-state index in [2.05, 4.69) is 194 Å². The zero-order chi connectivity index (χ0) is 34.9. The van der Waals surface area contributed by atoms with Crippen molar-refractivity contribution in [2.24, 2.45) is 0 Å². The Hall–Kier alpha value is -6.96. The molecule has 0 aliphatic carbocycles. The number of hydrogen-bond donors (Lipinski definition) is 0. The molecule has 10 aromatic carbocycles. The number of furan rings is 1. The molecule has 0 atom stereocenters. The van der Waals surface area contributed by atoms with E-state index in [1.165, 1.54) is 71.1 Å². The average molecular weight is 673 g/mol. The molecule has 246 valence electrons. The van der Waals surface area contributed by atoms with Gasteiger partial charge in [0.05, 0.1) is 0 Å². The first-order valence-corrected chi connectivity index (χ1v) is 18.3. The minimum Gasteiger partial charge on any atom is -0.455 e. The lowest BCUT2D eigenvalue weighted by atomic mass is 9.84. The van der Waals surface area contributed by atoms with Crippen molar-refractivity contribution in [2.45, 2.75) is 0 Å². The van der Waals surface area contributed by atoms with Crippen LogP contribution in [0.15, 0.2) is 199 Å². The normalized spacial score (nSPS) is 11.8. The second-order valence-corrected chi connectivity index (χ2v) is 14.0. The van der Waals surface area contributed by atoms with Crippen molar-refractivity contribution < 1.29 is 4.42 Å². The highest BCUT2D eigenvalue weighted by Gasteiger charge is 2.21. The van der Waals surface area contributed by atoms with Crippen molar-refractivity contribution in [3.63, 3.8) is 0 Å². The summed E-state index contributed by atoms with van der Waals surface area (Å²) in [6, 6.07) is 70.6. The summed E-state index contributed by atoms with van der Waals surface area (Å²) in [6.07, 6.45) is 0. The molecule has 11 aromatic rings. The van der Waals surface area contributed by atoms with Crippen LogP contribution in [-0.4, -0.2) is 0 Å². The van der Waals surface area contributed by atoms with E-state index in [9.17, 15) is 0 Å². The van der Waals surface area contributed by atoms with Crippen molar-refractivity contribution in [1.29, 1.82) is 0 Å². The Morgan fingerprint density at radius 2 is 0.792 bits per heavy atom. The Labute approximate surface area is 307 Å². The molecule has 0 aliphatic rings. The zero-order valence-electron chi connectivity index (χ0n) is 28.9. The molecule has 53 heavy (non-hydrogen) atoms. The van der Waals surface area contributed by atoms with E-state index >= 15 is 0 Å². The van der Waals surface area contributed by atoms with E-state index in [1.54, 1.807) is 0 Å². The summed E-state index contributed by atoms with van der Waals surface area (Å²) >= 11 is 0. The summed E-state index contributed by atoms with van der Waals surface area (Å²) in [5.41, 5.74) is 11.4. The first kappa shape index (κ1) is 29.7. The molecule has 1 heterocycles. The summed E-state index contributed by atoms with van der Waals surface area (Å²) in [5.74, 6) is 0. The molecule has 1 heteroatoms. The summed E-state index contributed by atoms with van der Waals surface area (Å²) in [5, 5.41) is 12.0. The van der Waals surface area contributed by atoms with Crippen LogP contribution in [0.3, 0.4) is 0 Å². The molecule has 0 saturated carbocycles. The molecule has 0 saturated heterocycles. The van der Waals surface area contributed by atoms with Gasteiger partial charge in [-0.15, -0.1) is 0 Å².